The predicted molar refractivity (Wildman–Crippen MR) is 27.0 cm³/mol. The normalized spacial score (nSPS) is 12.0. The molecule has 0 aliphatic rings. The zero-order valence-corrected chi connectivity index (χ0v) is 4.59. The first-order valence-corrected chi connectivity index (χ1v) is 2.28. The monoisotopic (exact) mass is 113 g/mol. The lowest BCUT2D eigenvalue weighted by Crippen LogP contribution is -2.00. The molecule has 44 valence electrons. The van der Waals surface area contributed by atoms with Gasteiger partial charge in [-0.3, -0.25) is 4.79 Å². The molecule has 3 nitrogen and oxygen atoms in total. The van der Waals surface area contributed by atoms with E-state index in [2.05, 4.69) is 0 Å². The van der Waals surface area contributed by atoms with Crippen molar-refractivity contribution in [3.8, 4) is 6.07 Å². The van der Waals surface area contributed by atoms with Gasteiger partial charge in [-0.25, -0.2) is 0 Å². The molecule has 0 radical (unpaired) electrons. The second-order valence-electron chi connectivity index (χ2n) is 1.63. The second kappa shape index (κ2) is 3.03. The first-order valence-electron chi connectivity index (χ1n) is 2.28. The molecule has 8 heavy (non-hydrogen) atoms. The van der Waals surface area contributed by atoms with Crippen LogP contribution in [-0.2, 0) is 4.79 Å². The molecule has 0 heterocycles. The third-order valence-electron chi connectivity index (χ3n) is 0.701. The summed E-state index contributed by atoms with van der Waals surface area (Å²) in [6, 6.07) is 1.82. The predicted octanol–water partition coefficient (Wildman–Crippen LogP) is 0.621. The van der Waals surface area contributed by atoms with Crippen molar-refractivity contribution in [1.29, 1.82) is 5.26 Å². The standard InChI is InChI=1S/C5H7NO2/c1-4(3-6)2-5(7)8/h4H,2H2,1H3,(H,7,8). The van der Waals surface area contributed by atoms with Gasteiger partial charge in [0.1, 0.15) is 0 Å². The summed E-state index contributed by atoms with van der Waals surface area (Å²) in [7, 11) is 0. The van der Waals surface area contributed by atoms with E-state index in [4.69, 9.17) is 10.4 Å². The molecule has 0 aliphatic carbocycles. The summed E-state index contributed by atoms with van der Waals surface area (Å²) in [6.07, 6.45) is -0.0590. The number of nitriles is 1. The minimum atomic E-state index is -0.918. The van der Waals surface area contributed by atoms with E-state index in [9.17, 15) is 4.79 Å². The summed E-state index contributed by atoms with van der Waals surface area (Å²) < 4.78 is 0. The van der Waals surface area contributed by atoms with Gasteiger partial charge in [0.05, 0.1) is 18.4 Å². The molecule has 3 heteroatoms. The summed E-state index contributed by atoms with van der Waals surface area (Å²) in [5.74, 6) is -1.29. The Kier molecular flexibility index (Phi) is 2.63. The molecule has 0 saturated carbocycles. The lowest BCUT2D eigenvalue weighted by atomic mass is 10.1. The lowest BCUT2D eigenvalue weighted by Gasteiger charge is -1.91. The summed E-state index contributed by atoms with van der Waals surface area (Å²) in [4.78, 5) is 9.82. The third kappa shape index (κ3) is 3.16. The Bertz CT molecular complexity index is 125. The van der Waals surface area contributed by atoms with Crippen molar-refractivity contribution in [3.63, 3.8) is 0 Å². The van der Waals surface area contributed by atoms with Crippen LogP contribution in [0.1, 0.15) is 13.3 Å². The zero-order valence-electron chi connectivity index (χ0n) is 4.59. The van der Waals surface area contributed by atoms with Crippen LogP contribution in [-0.4, -0.2) is 11.1 Å². The van der Waals surface area contributed by atoms with Gasteiger partial charge >= 0.3 is 5.97 Å². The van der Waals surface area contributed by atoms with Gasteiger partial charge in [-0.05, 0) is 6.92 Å². The van der Waals surface area contributed by atoms with E-state index in [0.29, 0.717) is 0 Å². The zero-order chi connectivity index (χ0) is 6.57. The highest BCUT2D eigenvalue weighted by atomic mass is 16.4. The Morgan fingerprint density at radius 1 is 2.00 bits per heavy atom. The minimum absolute atomic E-state index is 0.0590. The topological polar surface area (TPSA) is 61.1 Å². The number of rotatable bonds is 2. The van der Waals surface area contributed by atoms with Crippen molar-refractivity contribution in [1.82, 2.24) is 0 Å². The summed E-state index contributed by atoms with van der Waals surface area (Å²) >= 11 is 0. The Morgan fingerprint density at radius 3 is 2.62 bits per heavy atom. The van der Waals surface area contributed by atoms with E-state index in [1.807, 2.05) is 6.07 Å². The Balaban J connectivity index is 3.43. The van der Waals surface area contributed by atoms with Gasteiger partial charge in [0, 0.05) is 0 Å². The van der Waals surface area contributed by atoms with Crippen LogP contribution < -0.4 is 0 Å². The number of carbonyl (C=O) groups is 1. The Labute approximate surface area is 47.5 Å². The highest BCUT2D eigenvalue weighted by Crippen LogP contribution is 1.96. The van der Waals surface area contributed by atoms with Crippen LogP contribution in [0.5, 0.6) is 0 Å². The molecular formula is C5H7NO2. The van der Waals surface area contributed by atoms with Crippen LogP contribution >= 0.6 is 0 Å². The van der Waals surface area contributed by atoms with Gasteiger partial charge in [0.15, 0.2) is 0 Å². The average molecular weight is 113 g/mol. The maximum Gasteiger partial charge on any atom is 0.304 e. The van der Waals surface area contributed by atoms with E-state index in [1.54, 1.807) is 6.92 Å². The Hall–Kier alpha value is -1.04. The van der Waals surface area contributed by atoms with Gasteiger partial charge in [-0.15, -0.1) is 0 Å². The van der Waals surface area contributed by atoms with E-state index in [1.165, 1.54) is 0 Å². The molecule has 0 aromatic rings. The second-order valence-corrected chi connectivity index (χ2v) is 1.63. The number of nitrogens with zero attached hydrogens (tertiary/aromatic N) is 1. The maximum atomic E-state index is 9.82. The van der Waals surface area contributed by atoms with Crippen molar-refractivity contribution in [2.24, 2.45) is 5.92 Å². The van der Waals surface area contributed by atoms with Crippen LogP contribution in [0.15, 0.2) is 0 Å². The minimum Gasteiger partial charge on any atom is -0.481 e. The van der Waals surface area contributed by atoms with Gasteiger partial charge in [-0.2, -0.15) is 5.26 Å². The molecule has 0 aromatic carbocycles. The summed E-state index contributed by atoms with van der Waals surface area (Å²) in [5, 5.41) is 16.1. The van der Waals surface area contributed by atoms with Gasteiger partial charge in [0.25, 0.3) is 0 Å². The van der Waals surface area contributed by atoms with Gasteiger partial charge in [-0.1, -0.05) is 0 Å². The molecule has 0 fully saturated rings. The van der Waals surface area contributed by atoms with Crippen molar-refractivity contribution in [2.45, 2.75) is 13.3 Å². The third-order valence-corrected chi connectivity index (χ3v) is 0.701. The lowest BCUT2D eigenvalue weighted by molar-refractivity contribution is -0.137. The molecule has 0 rings (SSSR count). The molecule has 0 bridgehead atoms. The number of hydrogen-bond donors (Lipinski definition) is 1. The van der Waals surface area contributed by atoms with Gasteiger partial charge < -0.3 is 5.11 Å². The summed E-state index contributed by atoms with van der Waals surface area (Å²) in [6.45, 7) is 1.58. The van der Waals surface area contributed by atoms with Crippen LogP contribution in [0, 0.1) is 17.2 Å². The van der Waals surface area contributed by atoms with Crippen LogP contribution in [0.3, 0.4) is 0 Å². The van der Waals surface area contributed by atoms with Crippen LogP contribution in [0.4, 0.5) is 0 Å². The first-order chi connectivity index (χ1) is 3.66. The maximum absolute atomic E-state index is 9.82. The van der Waals surface area contributed by atoms with E-state index in [0.717, 1.165) is 0 Å². The van der Waals surface area contributed by atoms with Gasteiger partial charge in [0.2, 0.25) is 0 Å². The number of hydrogen-bond acceptors (Lipinski definition) is 2. The molecule has 0 saturated heterocycles. The molecule has 1 unspecified atom stereocenters. The smallest absolute Gasteiger partial charge is 0.304 e. The average Bonchev–Trinajstić information content (AvgIpc) is 1.65. The van der Waals surface area contributed by atoms with Crippen molar-refractivity contribution >= 4 is 5.97 Å². The van der Waals surface area contributed by atoms with E-state index in [-0.39, 0.29) is 12.3 Å². The number of carboxylic acid groups (broad SMARTS) is 1. The molecule has 1 atom stereocenters. The number of carboxylic acids is 1. The molecular weight excluding hydrogens is 106 g/mol. The highest BCUT2D eigenvalue weighted by molar-refractivity contribution is 5.67. The fourth-order valence-corrected chi connectivity index (χ4v) is 0.308. The number of aliphatic carboxylic acids is 1. The highest BCUT2D eigenvalue weighted by Gasteiger charge is 2.03. The quantitative estimate of drug-likeness (QED) is 0.571. The fraction of sp³-hybridized carbons (Fsp3) is 0.600. The molecule has 0 spiro atoms. The molecule has 0 aliphatic heterocycles. The largest absolute Gasteiger partial charge is 0.481 e. The van der Waals surface area contributed by atoms with Crippen molar-refractivity contribution in [2.75, 3.05) is 0 Å². The van der Waals surface area contributed by atoms with E-state index >= 15 is 0 Å². The molecule has 0 amide bonds. The van der Waals surface area contributed by atoms with Crippen molar-refractivity contribution < 1.29 is 9.90 Å². The Morgan fingerprint density at radius 2 is 2.50 bits per heavy atom. The molecule has 1 N–H and O–H groups in total. The summed E-state index contributed by atoms with van der Waals surface area (Å²) in [5.41, 5.74) is 0. The van der Waals surface area contributed by atoms with Crippen LogP contribution in [0.25, 0.3) is 0 Å². The fourth-order valence-electron chi connectivity index (χ4n) is 0.308. The van der Waals surface area contributed by atoms with E-state index < -0.39 is 5.97 Å². The van der Waals surface area contributed by atoms with Crippen LogP contribution in [0.2, 0.25) is 0 Å². The molecule has 0 aromatic heterocycles. The van der Waals surface area contributed by atoms with Crippen molar-refractivity contribution in [3.05, 3.63) is 0 Å². The SMILES string of the molecule is CC(C#N)CC(=O)O. The first kappa shape index (κ1) is 6.96.